The number of β-amino-alcohol motifs (C(OH)–C–C–N with tert-alkyl or cyclic N) is 1. The lowest BCUT2D eigenvalue weighted by atomic mass is 9.95. The van der Waals surface area contributed by atoms with Crippen molar-refractivity contribution in [2.45, 2.75) is 31.8 Å². The standard InChI is InChI=1S/C18H23BrN2O3/c1-18(24)8-11-21(12-18)17(23)14-6-9-20(10-7-14)16(22)13-2-4-15(19)5-3-13/h2-5,14,24H,6-12H2,1H3. The third-order valence-corrected chi connectivity index (χ3v) is 5.51. The fourth-order valence-electron chi connectivity index (χ4n) is 3.50. The SMILES string of the molecule is CC1(O)CCN(C(=O)C2CCN(C(=O)c3ccc(Br)cc3)CC2)C1. The molecule has 0 saturated carbocycles. The van der Waals surface area contributed by atoms with Crippen molar-refractivity contribution in [2.75, 3.05) is 26.2 Å². The lowest BCUT2D eigenvalue weighted by Gasteiger charge is -2.33. The van der Waals surface area contributed by atoms with Crippen LogP contribution in [-0.2, 0) is 4.79 Å². The predicted molar refractivity (Wildman–Crippen MR) is 94.6 cm³/mol. The number of piperidine rings is 1. The molecule has 0 aromatic heterocycles. The van der Waals surface area contributed by atoms with Gasteiger partial charge in [0.2, 0.25) is 5.91 Å². The minimum Gasteiger partial charge on any atom is -0.388 e. The molecule has 5 nitrogen and oxygen atoms in total. The van der Waals surface area contributed by atoms with Crippen molar-refractivity contribution in [3.63, 3.8) is 0 Å². The fourth-order valence-corrected chi connectivity index (χ4v) is 3.76. The van der Waals surface area contributed by atoms with E-state index < -0.39 is 5.60 Å². The molecule has 1 atom stereocenters. The fraction of sp³-hybridized carbons (Fsp3) is 0.556. The maximum Gasteiger partial charge on any atom is 0.253 e. The summed E-state index contributed by atoms with van der Waals surface area (Å²) in [5, 5.41) is 10.0. The predicted octanol–water partition coefficient (Wildman–Crippen LogP) is 2.28. The first-order valence-corrected chi connectivity index (χ1v) is 9.21. The van der Waals surface area contributed by atoms with E-state index in [1.54, 1.807) is 11.8 Å². The minimum atomic E-state index is -0.756. The molecule has 2 amide bonds. The zero-order valence-electron chi connectivity index (χ0n) is 13.9. The Morgan fingerprint density at radius 2 is 1.75 bits per heavy atom. The number of likely N-dealkylation sites (tertiary alicyclic amines) is 2. The maximum atomic E-state index is 12.6. The summed E-state index contributed by atoms with van der Waals surface area (Å²) >= 11 is 3.37. The minimum absolute atomic E-state index is 0.0255. The molecule has 1 aromatic carbocycles. The molecule has 0 radical (unpaired) electrons. The van der Waals surface area contributed by atoms with E-state index in [0.29, 0.717) is 51.0 Å². The van der Waals surface area contributed by atoms with E-state index in [4.69, 9.17) is 0 Å². The van der Waals surface area contributed by atoms with Gasteiger partial charge < -0.3 is 14.9 Å². The normalized spacial score (nSPS) is 25.1. The van der Waals surface area contributed by atoms with Gasteiger partial charge in [-0.15, -0.1) is 0 Å². The van der Waals surface area contributed by atoms with Crippen LogP contribution in [0.15, 0.2) is 28.7 Å². The number of aliphatic hydroxyl groups is 1. The van der Waals surface area contributed by atoms with Gasteiger partial charge in [-0.1, -0.05) is 15.9 Å². The molecule has 2 aliphatic heterocycles. The van der Waals surface area contributed by atoms with Gasteiger partial charge in [0.05, 0.1) is 5.60 Å². The van der Waals surface area contributed by atoms with Gasteiger partial charge >= 0.3 is 0 Å². The number of nitrogens with zero attached hydrogens (tertiary/aromatic N) is 2. The van der Waals surface area contributed by atoms with Crippen LogP contribution in [0, 0.1) is 5.92 Å². The van der Waals surface area contributed by atoms with Crippen LogP contribution in [-0.4, -0.2) is 58.5 Å². The van der Waals surface area contributed by atoms with E-state index in [2.05, 4.69) is 15.9 Å². The summed E-state index contributed by atoms with van der Waals surface area (Å²) < 4.78 is 0.949. The number of halogens is 1. The monoisotopic (exact) mass is 394 g/mol. The molecule has 130 valence electrons. The molecule has 1 aromatic rings. The van der Waals surface area contributed by atoms with Crippen molar-refractivity contribution >= 4 is 27.7 Å². The highest BCUT2D eigenvalue weighted by molar-refractivity contribution is 9.10. The van der Waals surface area contributed by atoms with Gasteiger partial charge in [0.15, 0.2) is 0 Å². The third kappa shape index (κ3) is 3.81. The Bertz CT molecular complexity index is 622. The number of carbonyl (C=O) groups is 2. The van der Waals surface area contributed by atoms with E-state index in [9.17, 15) is 14.7 Å². The van der Waals surface area contributed by atoms with E-state index in [1.807, 2.05) is 29.2 Å². The van der Waals surface area contributed by atoms with Crippen LogP contribution in [0.1, 0.15) is 36.5 Å². The first-order valence-electron chi connectivity index (χ1n) is 8.42. The highest BCUT2D eigenvalue weighted by Crippen LogP contribution is 2.26. The van der Waals surface area contributed by atoms with Gasteiger partial charge in [0.1, 0.15) is 0 Å². The van der Waals surface area contributed by atoms with Crippen molar-refractivity contribution in [1.82, 2.24) is 9.80 Å². The van der Waals surface area contributed by atoms with Crippen LogP contribution in [0.25, 0.3) is 0 Å². The highest BCUT2D eigenvalue weighted by atomic mass is 79.9. The summed E-state index contributed by atoms with van der Waals surface area (Å²) in [6.45, 7) is 4.04. The van der Waals surface area contributed by atoms with Crippen molar-refractivity contribution in [3.05, 3.63) is 34.3 Å². The Morgan fingerprint density at radius 3 is 2.29 bits per heavy atom. The molecule has 3 rings (SSSR count). The molecule has 1 N–H and O–H groups in total. The molecule has 24 heavy (non-hydrogen) atoms. The molecule has 1 unspecified atom stereocenters. The van der Waals surface area contributed by atoms with Crippen molar-refractivity contribution < 1.29 is 14.7 Å². The molecule has 2 saturated heterocycles. The van der Waals surface area contributed by atoms with Gasteiger partial charge in [0.25, 0.3) is 5.91 Å². The smallest absolute Gasteiger partial charge is 0.253 e. The van der Waals surface area contributed by atoms with Gasteiger partial charge in [-0.25, -0.2) is 0 Å². The number of hydrogen-bond donors (Lipinski definition) is 1. The molecular weight excluding hydrogens is 372 g/mol. The lowest BCUT2D eigenvalue weighted by Crippen LogP contribution is -2.44. The van der Waals surface area contributed by atoms with Crippen molar-refractivity contribution in [1.29, 1.82) is 0 Å². The number of amides is 2. The maximum absolute atomic E-state index is 12.6. The second-order valence-corrected chi connectivity index (χ2v) is 8.00. The Hall–Kier alpha value is -1.40. The average molecular weight is 395 g/mol. The number of benzene rings is 1. The first-order chi connectivity index (χ1) is 11.4. The summed E-state index contributed by atoms with van der Waals surface area (Å²) in [5.74, 6) is 0.119. The Kier molecular flexibility index (Phi) is 4.97. The second kappa shape index (κ2) is 6.84. The summed E-state index contributed by atoms with van der Waals surface area (Å²) in [4.78, 5) is 28.7. The second-order valence-electron chi connectivity index (χ2n) is 7.08. The molecule has 6 heteroatoms. The van der Waals surface area contributed by atoms with E-state index in [-0.39, 0.29) is 17.7 Å². The summed E-state index contributed by atoms with van der Waals surface area (Å²) in [7, 11) is 0. The van der Waals surface area contributed by atoms with Gasteiger partial charge in [-0.2, -0.15) is 0 Å². The summed E-state index contributed by atoms with van der Waals surface area (Å²) in [6.07, 6.45) is 2.03. The molecular formula is C18H23BrN2O3. The van der Waals surface area contributed by atoms with Crippen molar-refractivity contribution in [3.8, 4) is 0 Å². The summed E-state index contributed by atoms with van der Waals surface area (Å²) in [5.41, 5.74) is -0.0768. The van der Waals surface area contributed by atoms with Gasteiger partial charge in [-0.3, -0.25) is 9.59 Å². The van der Waals surface area contributed by atoms with Crippen molar-refractivity contribution in [2.24, 2.45) is 5.92 Å². The average Bonchev–Trinajstić information content (AvgIpc) is 2.94. The molecule has 0 aliphatic carbocycles. The van der Waals surface area contributed by atoms with E-state index in [0.717, 1.165) is 4.47 Å². The topological polar surface area (TPSA) is 60.9 Å². The zero-order valence-corrected chi connectivity index (χ0v) is 15.5. The quantitative estimate of drug-likeness (QED) is 0.836. The molecule has 2 aliphatic rings. The number of hydrogen-bond acceptors (Lipinski definition) is 3. The molecule has 0 spiro atoms. The Balaban J connectivity index is 1.55. The molecule has 2 fully saturated rings. The van der Waals surface area contributed by atoms with Crippen LogP contribution in [0.4, 0.5) is 0 Å². The van der Waals surface area contributed by atoms with E-state index >= 15 is 0 Å². The number of carbonyl (C=O) groups excluding carboxylic acids is 2. The van der Waals surface area contributed by atoms with Crippen LogP contribution in [0.2, 0.25) is 0 Å². The van der Waals surface area contributed by atoms with Crippen LogP contribution in [0.5, 0.6) is 0 Å². The Morgan fingerprint density at radius 1 is 1.12 bits per heavy atom. The largest absolute Gasteiger partial charge is 0.388 e. The van der Waals surface area contributed by atoms with Crippen LogP contribution < -0.4 is 0 Å². The Labute approximate surface area is 150 Å². The molecule has 2 heterocycles. The first kappa shape index (κ1) is 17.4. The van der Waals surface area contributed by atoms with Crippen LogP contribution >= 0.6 is 15.9 Å². The van der Waals surface area contributed by atoms with Crippen LogP contribution in [0.3, 0.4) is 0 Å². The molecule has 0 bridgehead atoms. The summed E-state index contributed by atoms with van der Waals surface area (Å²) in [6, 6.07) is 7.36. The third-order valence-electron chi connectivity index (χ3n) is 4.99. The highest BCUT2D eigenvalue weighted by Gasteiger charge is 2.37. The van der Waals surface area contributed by atoms with Gasteiger partial charge in [0, 0.05) is 42.1 Å². The zero-order chi connectivity index (χ0) is 17.3. The number of rotatable bonds is 2. The van der Waals surface area contributed by atoms with E-state index in [1.165, 1.54) is 0 Å². The van der Waals surface area contributed by atoms with Gasteiger partial charge in [-0.05, 0) is 50.5 Å². The lowest BCUT2D eigenvalue weighted by molar-refractivity contribution is -0.136.